The fraction of sp³-hybridized carbons (Fsp3) is 0.647. The van der Waals surface area contributed by atoms with Crippen molar-refractivity contribution < 1.29 is 31.0 Å². The topological polar surface area (TPSA) is 88.1 Å². The van der Waals surface area contributed by atoms with Crippen molar-refractivity contribution in [1.29, 1.82) is 0 Å². The molecule has 0 bridgehead atoms. The molecule has 1 aromatic rings. The van der Waals surface area contributed by atoms with E-state index in [0.717, 1.165) is 5.56 Å². The van der Waals surface area contributed by atoms with E-state index in [-0.39, 0.29) is 30.1 Å². The second-order valence-corrected chi connectivity index (χ2v) is 10.1. The summed E-state index contributed by atoms with van der Waals surface area (Å²) < 4.78 is 58.2. The lowest BCUT2D eigenvalue weighted by molar-refractivity contribution is 0.0383. The standard InChI is InChI=1S/C17H29O7PS/c1-13(2)23-25(18,24-14(3)4)12-21-16(6)11-22-26(19,20)17-9-7-15(5)8-10-17/h7-10,13-14,16H,11-12H2,1-6H3/t16-/m1/s1. The van der Waals surface area contributed by atoms with Gasteiger partial charge in [-0.15, -0.1) is 0 Å². The third kappa shape index (κ3) is 8.29. The van der Waals surface area contributed by atoms with Gasteiger partial charge in [-0.3, -0.25) is 8.75 Å². The third-order valence-electron chi connectivity index (χ3n) is 3.03. The van der Waals surface area contributed by atoms with Crippen LogP contribution in [0.25, 0.3) is 0 Å². The second-order valence-electron chi connectivity index (χ2n) is 6.58. The Hall–Kier alpha value is -0.760. The molecule has 0 aliphatic rings. The van der Waals surface area contributed by atoms with Crippen LogP contribution in [-0.2, 0) is 32.7 Å². The Labute approximate surface area is 156 Å². The summed E-state index contributed by atoms with van der Waals surface area (Å²) in [6.07, 6.45) is -1.48. The number of hydrogen-bond donors (Lipinski definition) is 0. The lowest BCUT2D eigenvalue weighted by atomic mass is 10.2. The zero-order chi connectivity index (χ0) is 20.0. The van der Waals surface area contributed by atoms with Crippen LogP contribution in [0, 0.1) is 6.92 Å². The monoisotopic (exact) mass is 408 g/mol. The molecule has 0 spiro atoms. The van der Waals surface area contributed by atoms with Crippen molar-refractivity contribution in [2.45, 2.75) is 64.7 Å². The zero-order valence-corrected chi connectivity index (χ0v) is 17.9. The van der Waals surface area contributed by atoms with Gasteiger partial charge in [0.1, 0.15) is 6.35 Å². The molecule has 150 valence electrons. The third-order valence-corrected chi connectivity index (χ3v) is 6.27. The van der Waals surface area contributed by atoms with E-state index in [0.29, 0.717) is 0 Å². The molecular weight excluding hydrogens is 379 g/mol. The molecule has 7 nitrogen and oxygen atoms in total. The predicted octanol–water partition coefficient (Wildman–Crippen LogP) is 4.11. The van der Waals surface area contributed by atoms with Crippen molar-refractivity contribution in [2.75, 3.05) is 13.0 Å². The Morgan fingerprint density at radius 2 is 1.46 bits per heavy atom. The van der Waals surface area contributed by atoms with Crippen LogP contribution in [0.5, 0.6) is 0 Å². The maximum Gasteiger partial charge on any atom is 0.356 e. The van der Waals surface area contributed by atoms with E-state index in [1.807, 2.05) is 6.92 Å². The molecule has 0 saturated heterocycles. The normalized spacial score (nSPS) is 14.2. The summed E-state index contributed by atoms with van der Waals surface area (Å²) in [5.41, 5.74) is 0.951. The highest BCUT2D eigenvalue weighted by Crippen LogP contribution is 2.50. The average Bonchev–Trinajstić information content (AvgIpc) is 2.50. The first-order valence-electron chi connectivity index (χ1n) is 8.47. The molecule has 1 aromatic carbocycles. The molecule has 0 heterocycles. The van der Waals surface area contributed by atoms with E-state index in [9.17, 15) is 13.0 Å². The highest BCUT2D eigenvalue weighted by atomic mass is 32.2. The van der Waals surface area contributed by atoms with E-state index < -0.39 is 23.8 Å². The maximum atomic E-state index is 12.7. The molecule has 0 unspecified atom stereocenters. The number of ether oxygens (including phenoxy) is 1. The lowest BCUT2D eigenvalue weighted by Gasteiger charge is -2.24. The summed E-state index contributed by atoms with van der Waals surface area (Å²) in [5.74, 6) is 0. The first-order valence-corrected chi connectivity index (χ1v) is 11.6. The van der Waals surface area contributed by atoms with Gasteiger partial charge in [0.2, 0.25) is 0 Å². The van der Waals surface area contributed by atoms with Gasteiger partial charge >= 0.3 is 7.60 Å². The van der Waals surface area contributed by atoms with Crippen LogP contribution in [-0.4, -0.2) is 39.7 Å². The van der Waals surface area contributed by atoms with Crippen LogP contribution in [0.4, 0.5) is 0 Å². The van der Waals surface area contributed by atoms with Crippen molar-refractivity contribution in [2.24, 2.45) is 0 Å². The Morgan fingerprint density at radius 3 is 1.92 bits per heavy atom. The Balaban J connectivity index is 2.60. The van der Waals surface area contributed by atoms with E-state index in [4.69, 9.17) is 18.0 Å². The summed E-state index contributed by atoms with van der Waals surface area (Å²) in [7, 11) is -7.32. The molecule has 0 saturated carbocycles. The van der Waals surface area contributed by atoms with Crippen molar-refractivity contribution in [3.8, 4) is 0 Å². The maximum absolute atomic E-state index is 12.7. The molecule has 9 heteroatoms. The van der Waals surface area contributed by atoms with Gasteiger partial charge in [0.25, 0.3) is 10.1 Å². The molecule has 1 rings (SSSR count). The van der Waals surface area contributed by atoms with Crippen LogP contribution in [0.15, 0.2) is 29.2 Å². The lowest BCUT2D eigenvalue weighted by Crippen LogP contribution is -2.21. The Bertz CT molecular complexity index is 684. The van der Waals surface area contributed by atoms with Gasteiger partial charge in [0.15, 0.2) is 0 Å². The second kappa shape index (κ2) is 9.97. The smallest absolute Gasteiger partial charge is 0.356 e. The summed E-state index contributed by atoms with van der Waals surface area (Å²) in [5, 5.41) is 0. The highest BCUT2D eigenvalue weighted by molar-refractivity contribution is 7.86. The molecule has 0 aliphatic heterocycles. The van der Waals surface area contributed by atoms with E-state index in [2.05, 4.69) is 0 Å². The van der Waals surface area contributed by atoms with Gasteiger partial charge in [0.05, 0.1) is 29.8 Å². The molecule has 0 amide bonds. The van der Waals surface area contributed by atoms with Crippen LogP contribution < -0.4 is 0 Å². The molecule has 0 radical (unpaired) electrons. The quantitative estimate of drug-likeness (QED) is 0.402. The first kappa shape index (κ1) is 23.3. The summed E-state index contributed by atoms with van der Waals surface area (Å²) in [6.45, 7) is 10.3. The van der Waals surface area contributed by atoms with Crippen LogP contribution >= 0.6 is 7.60 Å². The van der Waals surface area contributed by atoms with E-state index in [1.54, 1.807) is 46.8 Å². The molecule has 1 atom stereocenters. The van der Waals surface area contributed by atoms with Gasteiger partial charge in [-0.25, -0.2) is 0 Å². The fourth-order valence-corrected chi connectivity index (χ4v) is 4.82. The van der Waals surface area contributed by atoms with E-state index >= 15 is 0 Å². The van der Waals surface area contributed by atoms with Crippen molar-refractivity contribution >= 4 is 17.7 Å². The molecule has 26 heavy (non-hydrogen) atoms. The van der Waals surface area contributed by atoms with E-state index in [1.165, 1.54) is 12.1 Å². The van der Waals surface area contributed by atoms with Crippen LogP contribution in [0.1, 0.15) is 40.2 Å². The largest absolute Gasteiger partial charge is 0.363 e. The molecular formula is C17H29O7PS. The van der Waals surface area contributed by atoms with Crippen LogP contribution in [0.2, 0.25) is 0 Å². The van der Waals surface area contributed by atoms with Gasteiger partial charge in [-0.2, -0.15) is 8.42 Å². The van der Waals surface area contributed by atoms with Gasteiger partial charge in [0, 0.05) is 0 Å². The average molecular weight is 408 g/mol. The van der Waals surface area contributed by atoms with Gasteiger partial charge < -0.3 is 13.8 Å². The molecule has 0 aliphatic carbocycles. The predicted molar refractivity (Wildman–Crippen MR) is 99.8 cm³/mol. The van der Waals surface area contributed by atoms with Crippen molar-refractivity contribution in [3.05, 3.63) is 29.8 Å². The minimum atomic E-state index is -3.88. The SMILES string of the molecule is Cc1ccc(S(=O)(=O)OC[C@@H](C)OCP(=O)(OC(C)C)OC(C)C)cc1. The minimum absolute atomic E-state index is 0.0762. The molecule has 0 fully saturated rings. The minimum Gasteiger partial charge on any atom is -0.363 e. The van der Waals surface area contributed by atoms with Crippen molar-refractivity contribution in [3.63, 3.8) is 0 Å². The molecule has 0 N–H and O–H groups in total. The summed E-state index contributed by atoms with van der Waals surface area (Å²) in [4.78, 5) is 0.0762. The first-order chi connectivity index (χ1) is 11.9. The number of aryl methyl sites for hydroxylation is 1. The van der Waals surface area contributed by atoms with Gasteiger partial charge in [-0.05, 0) is 53.7 Å². The van der Waals surface area contributed by atoms with Crippen LogP contribution in [0.3, 0.4) is 0 Å². The molecule has 0 aromatic heterocycles. The van der Waals surface area contributed by atoms with Gasteiger partial charge in [-0.1, -0.05) is 17.7 Å². The number of rotatable bonds is 11. The highest BCUT2D eigenvalue weighted by Gasteiger charge is 2.29. The zero-order valence-electron chi connectivity index (χ0n) is 16.2. The Kier molecular flexibility index (Phi) is 8.93. The summed E-state index contributed by atoms with van der Waals surface area (Å²) in [6, 6.07) is 6.35. The number of benzene rings is 1. The fourth-order valence-electron chi connectivity index (χ4n) is 1.95. The Morgan fingerprint density at radius 1 is 0.962 bits per heavy atom. The van der Waals surface area contributed by atoms with Crippen molar-refractivity contribution in [1.82, 2.24) is 0 Å². The summed E-state index contributed by atoms with van der Waals surface area (Å²) >= 11 is 0. The number of hydrogen-bond acceptors (Lipinski definition) is 7.